The normalized spacial score (nSPS) is 13.8. The molecule has 5 heteroatoms. The first-order chi connectivity index (χ1) is 10.1. The Kier molecular flexibility index (Phi) is 3.56. The number of aromatic nitrogens is 2. The van der Waals surface area contributed by atoms with Gasteiger partial charge >= 0.3 is 0 Å². The van der Waals surface area contributed by atoms with Crippen LogP contribution in [0, 0.1) is 6.92 Å². The fourth-order valence-corrected chi connectivity index (χ4v) is 2.09. The van der Waals surface area contributed by atoms with Crippen molar-refractivity contribution in [1.82, 2.24) is 9.97 Å². The van der Waals surface area contributed by atoms with Gasteiger partial charge in [0.15, 0.2) is 0 Å². The quantitative estimate of drug-likeness (QED) is 0.936. The molecule has 0 aliphatic heterocycles. The summed E-state index contributed by atoms with van der Waals surface area (Å²) in [5.74, 6) is 0.410. The monoisotopic (exact) mass is 282 g/mol. The summed E-state index contributed by atoms with van der Waals surface area (Å²) in [7, 11) is 1.75. The van der Waals surface area contributed by atoms with Gasteiger partial charge in [0.05, 0.1) is 0 Å². The maximum absolute atomic E-state index is 12.6. The first-order valence-electron chi connectivity index (χ1n) is 7.09. The first-order valence-corrected chi connectivity index (χ1v) is 7.09. The molecule has 3 rings (SSSR count). The zero-order valence-electron chi connectivity index (χ0n) is 12.2. The Bertz CT molecular complexity index is 653. The Morgan fingerprint density at radius 1 is 1.24 bits per heavy atom. The van der Waals surface area contributed by atoms with Crippen molar-refractivity contribution in [2.75, 3.05) is 17.3 Å². The SMILES string of the molecule is Cc1cc(C(=O)N(C)c2ccccc2)nc(NC2CC2)n1. The van der Waals surface area contributed by atoms with Crippen LogP contribution in [0.15, 0.2) is 36.4 Å². The van der Waals surface area contributed by atoms with Crippen molar-refractivity contribution in [1.29, 1.82) is 0 Å². The summed E-state index contributed by atoms with van der Waals surface area (Å²) in [5, 5.41) is 3.24. The Morgan fingerprint density at radius 3 is 2.62 bits per heavy atom. The highest BCUT2D eigenvalue weighted by atomic mass is 16.2. The van der Waals surface area contributed by atoms with Crippen molar-refractivity contribution in [2.45, 2.75) is 25.8 Å². The van der Waals surface area contributed by atoms with Crippen LogP contribution >= 0.6 is 0 Å². The van der Waals surface area contributed by atoms with Gasteiger partial charge in [0.1, 0.15) is 5.69 Å². The summed E-state index contributed by atoms with van der Waals surface area (Å²) in [6.07, 6.45) is 2.29. The third-order valence-corrected chi connectivity index (χ3v) is 3.43. The molecule has 1 amide bonds. The number of carbonyl (C=O) groups is 1. The molecular weight excluding hydrogens is 264 g/mol. The Labute approximate surface area is 124 Å². The Balaban J connectivity index is 1.84. The molecule has 2 aromatic rings. The minimum absolute atomic E-state index is 0.134. The molecule has 1 saturated carbocycles. The van der Waals surface area contributed by atoms with Crippen molar-refractivity contribution in [3.05, 3.63) is 47.8 Å². The summed E-state index contributed by atoms with van der Waals surface area (Å²) in [4.78, 5) is 22.8. The van der Waals surface area contributed by atoms with Crippen LogP contribution in [0.3, 0.4) is 0 Å². The van der Waals surface area contributed by atoms with Gasteiger partial charge in [-0.05, 0) is 38.0 Å². The summed E-state index contributed by atoms with van der Waals surface area (Å²) in [6, 6.07) is 11.7. The zero-order chi connectivity index (χ0) is 14.8. The van der Waals surface area contributed by atoms with Crippen LogP contribution in [0.5, 0.6) is 0 Å². The molecule has 0 unspecified atom stereocenters. The van der Waals surface area contributed by atoms with Gasteiger partial charge in [-0.25, -0.2) is 9.97 Å². The minimum atomic E-state index is -0.134. The van der Waals surface area contributed by atoms with Crippen molar-refractivity contribution in [3.63, 3.8) is 0 Å². The number of benzene rings is 1. The highest BCUT2D eigenvalue weighted by Crippen LogP contribution is 2.23. The third-order valence-electron chi connectivity index (χ3n) is 3.43. The lowest BCUT2D eigenvalue weighted by Gasteiger charge is -2.17. The molecule has 1 aliphatic carbocycles. The van der Waals surface area contributed by atoms with E-state index in [-0.39, 0.29) is 5.91 Å². The van der Waals surface area contributed by atoms with E-state index in [9.17, 15) is 4.79 Å². The van der Waals surface area contributed by atoms with Crippen molar-refractivity contribution >= 4 is 17.5 Å². The molecule has 1 aliphatic rings. The number of amides is 1. The van der Waals surface area contributed by atoms with Crippen molar-refractivity contribution in [2.24, 2.45) is 0 Å². The molecule has 1 aromatic heterocycles. The molecule has 0 radical (unpaired) electrons. The fraction of sp³-hybridized carbons (Fsp3) is 0.312. The van der Waals surface area contributed by atoms with E-state index in [4.69, 9.17) is 0 Å². The number of nitrogens with zero attached hydrogens (tertiary/aromatic N) is 3. The number of carbonyl (C=O) groups excluding carboxylic acids is 1. The van der Waals surface area contributed by atoms with E-state index in [0.29, 0.717) is 17.7 Å². The van der Waals surface area contributed by atoms with Crippen molar-refractivity contribution in [3.8, 4) is 0 Å². The molecule has 108 valence electrons. The molecule has 21 heavy (non-hydrogen) atoms. The van der Waals surface area contributed by atoms with Gasteiger partial charge in [-0.2, -0.15) is 0 Å². The van der Waals surface area contributed by atoms with Crippen LogP contribution < -0.4 is 10.2 Å². The molecule has 0 bridgehead atoms. The second-order valence-corrected chi connectivity index (χ2v) is 5.34. The predicted molar refractivity (Wildman–Crippen MR) is 82.6 cm³/mol. The summed E-state index contributed by atoms with van der Waals surface area (Å²) >= 11 is 0. The van der Waals surface area contributed by atoms with Gasteiger partial charge in [0, 0.05) is 24.5 Å². The first kappa shape index (κ1) is 13.5. The topological polar surface area (TPSA) is 58.1 Å². The van der Waals surface area contributed by atoms with Gasteiger partial charge in [-0.15, -0.1) is 0 Å². The fourth-order valence-electron chi connectivity index (χ4n) is 2.09. The minimum Gasteiger partial charge on any atom is -0.351 e. The van der Waals surface area contributed by atoms with Gasteiger partial charge in [-0.1, -0.05) is 18.2 Å². The van der Waals surface area contributed by atoms with E-state index in [0.717, 1.165) is 24.2 Å². The molecule has 1 heterocycles. The number of hydrogen-bond acceptors (Lipinski definition) is 4. The number of rotatable bonds is 4. The van der Waals surface area contributed by atoms with Crippen molar-refractivity contribution < 1.29 is 4.79 Å². The molecule has 0 saturated heterocycles. The third kappa shape index (κ3) is 3.18. The molecule has 0 atom stereocenters. The molecule has 5 nitrogen and oxygen atoms in total. The average Bonchev–Trinajstić information content (AvgIpc) is 3.30. The largest absolute Gasteiger partial charge is 0.351 e. The van der Waals surface area contributed by atoms with Crippen LogP contribution in [-0.4, -0.2) is 29.0 Å². The van der Waals surface area contributed by atoms with Crippen LogP contribution in [0.25, 0.3) is 0 Å². The van der Waals surface area contributed by atoms with Gasteiger partial charge < -0.3 is 10.2 Å². The summed E-state index contributed by atoms with van der Waals surface area (Å²) < 4.78 is 0. The predicted octanol–water partition coefficient (Wildman–Crippen LogP) is 2.64. The van der Waals surface area contributed by atoms with E-state index in [1.54, 1.807) is 18.0 Å². The molecule has 1 N–H and O–H groups in total. The highest BCUT2D eigenvalue weighted by Gasteiger charge is 2.23. The number of hydrogen-bond donors (Lipinski definition) is 1. The maximum Gasteiger partial charge on any atom is 0.276 e. The van der Waals surface area contributed by atoms with Crippen LogP contribution in [0.1, 0.15) is 29.0 Å². The Hall–Kier alpha value is -2.43. The van der Waals surface area contributed by atoms with E-state index in [1.165, 1.54) is 0 Å². The standard InChI is InChI=1S/C16H18N4O/c1-11-10-14(19-16(17-11)18-12-8-9-12)15(21)20(2)13-6-4-3-5-7-13/h3-7,10,12H,8-9H2,1-2H3,(H,17,18,19). The molecular formula is C16H18N4O. The number of anilines is 2. The lowest BCUT2D eigenvalue weighted by atomic mass is 10.2. The lowest BCUT2D eigenvalue weighted by Crippen LogP contribution is -2.27. The van der Waals surface area contributed by atoms with E-state index in [1.807, 2.05) is 37.3 Å². The Morgan fingerprint density at radius 2 is 1.95 bits per heavy atom. The smallest absolute Gasteiger partial charge is 0.276 e. The van der Waals surface area contributed by atoms with E-state index >= 15 is 0 Å². The number of aryl methyl sites for hydroxylation is 1. The number of para-hydroxylation sites is 1. The summed E-state index contributed by atoms with van der Waals surface area (Å²) in [6.45, 7) is 1.87. The molecule has 0 spiro atoms. The van der Waals surface area contributed by atoms with E-state index in [2.05, 4.69) is 15.3 Å². The molecule has 1 fully saturated rings. The zero-order valence-corrected chi connectivity index (χ0v) is 12.2. The summed E-state index contributed by atoms with van der Waals surface area (Å²) in [5.41, 5.74) is 2.05. The number of nitrogens with one attached hydrogen (secondary N) is 1. The molecule has 1 aromatic carbocycles. The van der Waals surface area contributed by atoms with Gasteiger partial charge in [0.2, 0.25) is 5.95 Å². The second kappa shape index (κ2) is 5.52. The average molecular weight is 282 g/mol. The van der Waals surface area contributed by atoms with E-state index < -0.39 is 0 Å². The van der Waals surface area contributed by atoms with Crippen LogP contribution in [-0.2, 0) is 0 Å². The second-order valence-electron chi connectivity index (χ2n) is 5.34. The van der Waals surface area contributed by atoms with Gasteiger partial charge in [-0.3, -0.25) is 4.79 Å². The van der Waals surface area contributed by atoms with Crippen LogP contribution in [0.2, 0.25) is 0 Å². The highest BCUT2D eigenvalue weighted by molar-refractivity contribution is 6.04. The maximum atomic E-state index is 12.6. The lowest BCUT2D eigenvalue weighted by molar-refractivity contribution is 0.0988. The van der Waals surface area contributed by atoms with Crippen LogP contribution in [0.4, 0.5) is 11.6 Å². The van der Waals surface area contributed by atoms with Gasteiger partial charge in [0.25, 0.3) is 5.91 Å².